The van der Waals surface area contributed by atoms with Crippen molar-refractivity contribution in [1.82, 2.24) is 10.3 Å². The molecule has 0 aliphatic heterocycles. The van der Waals surface area contributed by atoms with Crippen LogP contribution >= 0.6 is 0 Å². The highest BCUT2D eigenvalue weighted by Gasteiger charge is 2.20. The van der Waals surface area contributed by atoms with Crippen LogP contribution in [0.5, 0.6) is 0 Å². The monoisotopic (exact) mass is 190 g/mol. The molecule has 1 aliphatic carbocycles. The summed E-state index contributed by atoms with van der Waals surface area (Å²) in [7, 11) is 1.99. The minimum Gasteiger partial charge on any atom is -0.316 e. The van der Waals surface area contributed by atoms with Gasteiger partial charge < -0.3 is 5.32 Å². The molecular formula is C12H18N2. The molecule has 1 aliphatic rings. The smallest absolute Gasteiger partial charge is 0.0479 e. The zero-order valence-corrected chi connectivity index (χ0v) is 8.79. The maximum atomic E-state index is 4.54. The first-order valence-electron chi connectivity index (χ1n) is 5.50. The number of hydrogen-bond donors (Lipinski definition) is 1. The molecule has 0 unspecified atom stereocenters. The molecule has 1 fully saturated rings. The number of aromatic nitrogens is 1. The lowest BCUT2D eigenvalue weighted by atomic mass is 9.98. The van der Waals surface area contributed by atoms with Crippen molar-refractivity contribution >= 4 is 0 Å². The highest BCUT2D eigenvalue weighted by atomic mass is 14.8. The summed E-state index contributed by atoms with van der Waals surface area (Å²) in [5, 5.41) is 3.21. The van der Waals surface area contributed by atoms with E-state index in [2.05, 4.69) is 16.4 Å². The molecule has 2 nitrogen and oxygen atoms in total. The predicted molar refractivity (Wildman–Crippen MR) is 58.2 cm³/mol. The minimum atomic E-state index is 0.722. The number of hydrogen-bond acceptors (Lipinski definition) is 2. The van der Waals surface area contributed by atoms with Crippen LogP contribution in [0, 0.1) is 0 Å². The van der Waals surface area contributed by atoms with Crippen molar-refractivity contribution in [2.24, 2.45) is 0 Å². The van der Waals surface area contributed by atoms with E-state index >= 15 is 0 Å². The van der Waals surface area contributed by atoms with Gasteiger partial charge >= 0.3 is 0 Å². The quantitative estimate of drug-likeness (QED) is 0.792. The molecule has 0 radical (unpaired) electrons. The summed E-state index contributed by atoms with van der Waals surface area (Å²) in [5.41, 5.74) is 2.71. The second-order valence-corrected chi connectivity index (χ2v) is 4.06. The van der Waals surface area contributed by atoms with Gasteiger partial charge in [0.2, 0.25) is 0 Å². The van der Waals surface area contributed by atoms with Gasteiger partial charge in [-0.15, -0.1) is 0 Å². The predicted octanol–water partition coefficient (Wildman–Crippen LogP) is 2.46. The lowest BCUT2D eigenvalue weighted by molar-refractivity contribution is 0.673. The van der Waals surface area contributed by atoms with E-state index < -0.39 is 0 Å². The second-order valence-electron chi connectivity index (χ2n) is 4.06. The van der Waals surface area contributed by atoms with E-state index in [1.807, 2.05) is 19.3 Å². The van der Waals surface area contributed by atoms with Crippen molar-refractivity contribution < 1.29 is 0 Å². The van der Waals surface area contributed by atoms with Crippen LogP contribution < -0.4 is 5.32 Å². The van der Waals surface area contributed by atoms with Crippen LogP contribution in [0.25, 0.3) is 0 Å². The molecule has 0 spiro atoms. The number of pyridine rings is 1. The topological polar surface area (TPSA) is 24.9 Å². The van der Waals surface area contributed by atoms with Crippen molar-refractivity contribution in [3.63, 3.8) is 0 Å². The number of rotatable bonds is 3. The molecule has 1 saturated carbocycles. The first-order valence-corrected chi connectivity index (χ1v) is 5.50. The average molecular weight is 190 g/mol. The van der Waals surface area contributed by atoms with Gasteiger partial charge in [-0.1, -0.05) is 18.9 Å². The SMILES string of the molecule is CNCc1cccnc1C1CCCC1. The maximum absolute atomic E-state index is 4.54. The largest absolute Gasteiger partial charge is 0.316 e. The van der Waals surface area contributed by atoms with E-state index in [4.69, 9.17) is 0 Å². The van der Waals surface area contributed by atoms with Gasteiger partial charge in [0.15, 0.2) is 0 Å². The Morgan fingerprint density at radius 3 is 2.93 bits per heavy atom. The fraction of sp³-hybridized carbons (Fsp3) is 0.583. The van der Waals surface area contributed by atoms with Crippen LogP contribution in [0.4, 0.5) is 0 Å². The molecule has 0 bridgehead atoms. The van der Waals surface area contributed by atoms with Gasteiger partial charge in [-0.05, 0) is 31.5 Å². The van der Waals surface area contributed by atoms with Crippen molar-refractivity contribution in [2.45, 2.75) is 38.1 Å². The third-order valence-electron chi connectivity index (χ3n) is 3.04. The Morgan fingerprint density at radius 2 is 2.21 bits per heavy atom. The first-order chi connectivity index (χ1) is 6.92. The van der Waals surface area contributed by atoms with E-state index in [0.717, 1.165) is 12.5 Å². The van der Waals surface area contributed by atoms with Gasteiger partial charge in [0, 0.05) is 24.4 Å². The van der Waals surface area contributed by atoms with Crippen LogP contribution in [-0.2, 0) is 6.54 Å². The van der Waals surface area contributed by atoms with Crippen molar-refractivity contribution in [2.75, 3.05) is 7.05 Å². The first kappa shape index (κ1) is 9.66. The molecule has 0 atom stereocenters. The molecule has 76 valence electrons. The zero-order valence-electron chi connectivity index (χ0n) is 8.79. The van der Waals surface area contributed by atoms with E-state index in [9.17, 15) is 0 Å². The van der Waals surface area contributed by atoms with Gasteiger partial charge in [-0.2, -0.15) is 0 Å². The van der Waals surface area contributed by atoms with E-state index in [1.165, 1.54) is 36.9 Å². The van der Waals surface area contributed by atoms with E-state index in [0.29, 0.717) is 0 Å². The van der Waals surface area contributed by atoms with Gasteiger partial charge in [-0.3, -0.25) is 4.98 Å². The standard InChI is InChI=1S/C12H18N2/c1-13-9-11-7-4-8-14-12(11)10-5-2-3-6-10/h4,7-8,10,13H,2-3,5-6,9H2,1H3. The maximum Gasteiger partial charge on any atom is 0.0479 e. The van der Waals surface area contributed by atoms with Crippen LogP contribution in [0.2, 0.25) is 0 Å². The summed E-state index contributed by atoms with van der Waals surface area (Å²) in [4.78, 5) is 4.54. The Balaban J connectivity index is 2.21. The molecule has 1 aromatic rings. The van der Waals surface area contributed by atoms with Crippen LogP contribution in [0.15, 0.2) is 18.3 Å². The van der Waals surface area contributed by atoms with Gasteiger partial charge in [0.1, 0.15) is 0 Å². The van der Waals surface area contributed by atoms with Crippen molar-refractivity contribution in [3.05, 3.63) is 29.6 Å². The Kier molecular flexibility index (Phi) is 3.14. The van der Waals surface area contributed by atoms with Crippen molar-refractivity contribution in [1.29, 1.82) is 0 Å². The molecule has 14 heavy (non-hydrogen) atoms. The van der Waals surface area contributed by atoms with E-state index in [1.54, 1.807) is 0 Å². The van der Waals surface area contributed by atoms with Gasteiger partial charge in [0.25, 0.3) is 0 Å². The Hall–Kier alpha value is -0.890. The molecule has 2 rings (SSSR count). The molecule has 1 N–H and O–H groups in total. The van der Waals surface area contributed by atoms with Crippen LogP contribution in [0.1, 0.15) is 42.9 Å². The summed E-state index contributed by atoms with van der Waals surface area (Å²) >= 11 is 0. The van der Waals surface area contributed by atoms with Gasteiger partial charge in [-0.25, -0.2) is 0 Å². The Bertz CT molecular complexity index is 290. The van der Waals surface area contributed by atoms with Gasteiger partial charge in [0.05, 0.1) is 0 Å². The normalized spacial score (nSPS) is 17.5. The molecule has 2 heteroatoms. The fourth-order valence-electron chi connectivity index (χ4n) is 2.36. The third-order valence-corrected chi connectivity index (χ3v) is 3.04. The molecule has 0 amide bonds. The zero-order chi connectivity index (χ0) is 9.80. The summed E-state index contributed by atoms with van der Waals surface area (Å²) in [6, 6.07) is 4.22. The average Bonchev–Trinajstić information content (AvgIpc) is 2.72. The molecule has 1 aromatic heterocycles. The molecule has 0 aromatic carbocycles. The Labute approximate surface area is 85.7 Å². The molecule has 0 saturated heterocycles. The minimum absolute atomic E-state index is 0.722. The van der Waals surface area contributed by atoms with E-state index in [-0.39, 0.29) is 0 Å². The lowest BCUT2D eigenvalue weighted by Crippen LogP contribution is -2.10. The summed E-state index contributed by atoms with van der Waals surface area (Å²) in [6.07, 6.45) is 7.33. The van der Waals surface area contributed by atoms with Crippen LogP contribution in [-0.4, -0.2) is 12.0 Å². The highest BCUT2D eigenvalue weighted by Crippen LogP contribution is 2.34. The summed E-state index contributed by atoms with van der Waals surface area (Å²) < 4.78 is 0. The Morgan fingerprint density at radius 1 is 1.43 bits per heavy atom. The molecular weight excluding hydrogens is 172 g/mol. The molecule has 1 heterocycles. The number of nitrogens with one attached hydrogen (secondary N) is 1. The third kappa shape index (κ3) is 1.95. The number of nitrogens with zero attached hydrogens (tertiary/aromatic N) is 1. The second kappa shape index (κ2) is 4.56. The lowest BCUT2D eigenvalue weighted by Gasteiger charge is -2.13. The summed E-state index contributed by atoms with van der Waals surface area (Å²) in [5.74, 6) is 0.722. The fourth-order valence-corrected chi connectivity index (χ4v) is 2.36. The summed E-state index contributed by atoms with van der Waals surface area (Å²) in [6.45, 7) is 0.944. The van der Waals surface area contributed by atoms with Crippen LogP contribution in [0.3, 0.4) is 0 Å². The van der Waals surface area contributed by atoms with Crippen molar-refractivity contribution in [3.8, 4) is 0 Å². The highest BCUT2D eigenvalue weighted by molar-refractivity contribution is 5.23.